The van der Waals surface area contributed by atoms with Crippen molar-refractivity contribution in [2.24, 2.45) is 0 Å². The fourth-order valence-corrected chi connectivity index (χ4v) is 3.19. The van der Waals surface area contributed by atoms with Crippen molar-refractivity contribution in [2.75, 3.05) is 13.7 Å². The zero-order chi connectivity index (χ0) is 15.5. The lowest BCUT2D eigenvalue weighted by atomic mass is 10.1. The van der Waals surface area contributed by atoms with Gasteiger partial charge in [-0.3, -0.25) is 4.79 Å². The highest BCUT2D eigenvalue weighted by Gasteiger charge is 2.33. The maximum atomic E-state index is 13.8. The van der Waals surface area contributed by atoms with Crippen molar-refractivity contribution in [3.05, 3.63) is 52.0 Å². The van der Waals surface area contributed by atoms with Gasteiger partial charge in [0.15, 0.2) is 11.6 Å². The summed E-state index contributed by atoms with van der Waals surface area (Å²) in [4.78, 5) is 15.8. The molecule has 116 valence electrons. The molecule has 0 spiro atoms. The van der Waals surface area contributed by atoms with Crippen LogP contribution >= 0.6 is 11.3 Å². The topological polar surface area (TPSA) is 29.5 Å². The second-order valence-corrected chi connectivity index (χ2v) is 6.44. The number of amides is 1. The summed E-state index contributed by atoms with van der Waals surface area (Å²) in [5.74, 6) is -0.434. The number of halogens is 1. The van der Waals surface area contributed by atoms with E-state index in [1.54, 1.807) is 17.4 Å². The van der Waals surface area contributed by atoms with Crippen molar-refractivity contribution in [2.45, 2.75) is 25.3 Å². The van der Waals surface area contributed by atoms with Gasteiger partial charge in [0.05, 0.1) is 7.11 Å². The summed E-state index contributed by atoms with van der Waals surface area (Å²) in [7, 11) is 1.41. The number of ether oxygens (including phenoxy) is 1. The molecular formula is C17H18FNO2S. The summed E-state index contributed by atoms with van der Waals surface area (Å²) in [5.41, 5.74) is 0.386. The lowest BCUT2D eigenvalue weighted by Gasteiger charge is -2.22. The third kappa shape index (κ3) is 3.30. The Labute approximate surface area is 133 Å². The first kappa shape index (κ1) is 15.0. The highest BCUT2D eigenvalue weighted by Crippen LogP contribution is 2.29. The van der Waals surface area contributed by atoms with E-state index in [9.17, 15) is 9.18 Å². The van der Waals surface area contributed by atoms with Gasteiger partial charge < -0.3 is 9.64 Å². The van der Waals surface area contributed by atoms with E-state index in [1.165, 1.54) is 24.1 Å². The summed E-state index contributed by atoms with van der Waals surface area (Å²) >= 11 is 1.70. The Morgan fingerprint density at radius 1 is 1.41 bits per heavy atom. The molecule has 0 N–H and O–H groups in total. The van der Waals surface area contributed by atoms with Crippen LogP contribution in [0.5, 0.6) is 5.75 Å². The number of hydrogen-bond donors (Lipinski definition) is 0. The van der Waals surface area contributed by atoms with Crippen molar-refractivity contribution in [1.82, 2.24) is 4.90 Å². The largest absolute Gasteiger partial charge is 0.494 e. The summed E-state index contributed by atoms with van der Waals surface area (Å²) in [5, 5.41) is 2.04. The number of rotatable bonds is 6. The van der Waals surface area contributed by atoms with Crippen LogP contribution in [0, 0.1) is 5.82 Å². The summed E-state index contributed by atoms with van der Waals surface area (Å²) in [6.07, 6.45) is 2.92. The van der Waals surface area contributed by atoms with Crippen LogP contribution in [0.15, 0.2) is 35.7 Å². The van der Waals surface area contributed by atoms with E-state index in [2.05, 4.69) is 6.07 Å². The zero-order valence-corrected chi connectivity index (χ0v) is 13.2. The molecule has 1 aromatic heterocycles. The first-order valence-corrected chi connectivity index (χ1v) is 8.24. The zero-order valence-electron chi connectivity index (χ0n) is 12.4. The van der Waals surface area contributed by atoms with Crippen LogP contribution in [-0.4, -0.2) is 30.5 Å². The molecule has 22 heavy (non-hydrogen) atoms. The molecule has 5 heteroatoms. The van der Waals surface area contributed by atoms with Crippen LogP contribution < -0.4 is 4.74 Å². The molecule has 1 fully saturated rings. The van der Waals surface area contributed by atoms with Crippen LogP contribution in [0.4, 0.5) is 4.39 Å². The number of carbonyl (C=O) groups is 1. The number of hydrogen-bond acceptors (Lipinski definition) is 3. The molecule has 0 aliphatic heterocycles. The molecular weight excluding hydrogens is 301 g/mol. The van der Waals surface area contributed by atoms with Crippen LogP contribution in [0.25, 0.3) is 0 Å². The Bertz CT molecular complexity index is 653. The van der Waals surface area contributed by atoms with E-state index >= 15 is 0 Å². The number of thiophene rings is 1. The summed E-state index contributed by atoms with van der Waals surface area (Å²) in [6, 6.07) is 8.80. The molecule has 1 heterocycles. The van der Waals surface area contributed by atoms with Gasteiger partial charge in [-0.15, -0.1) is 11.3 Å². The van der Waals surface area contributed by atoms with Crippen LogP contribution in [0.1, 0.15) is 28.1 Å². The number of methoxy groups -OCH3 is 1. The van der Waals surface area contributed by atoms with E-state index in [4.69, 9.17) is 4.74 Å². The number of nitrogens with zero attached hydrogens (tertiary/aromatic N) is 1. The van der Waals surface area contributed by atoms with Gasteiger partial charge in [0.2, 0.25) is 0 Å². The first-order chi connectivity index (χ1) is 10.7. The fourth-order valence-electron chi connectivity index (χ4n) is 2.49. The smallest absolute Gasteiger partial charge is 0.254 e. The molecule has 1 aliphatic carbocycles. The minimum Gasteiger partial charge on any atom is -0.494 e. The predicted molar refractivity (Wildman–Crippen MR) is 85.0 cm³/mol. The van der Waals surface area contributed by atoms with Gasteiger partial charge >= 0.3 is 0 Å². The molecule has 0 bridgehead atoms. The van der Waals surface area contributed by atoms with Crippen LogP contribution in [-0.2, 0) is 6.42 Å². The number of carbonyl (C=O) groups excluding carboxylic acids is 1. The van der Waals surface area contributed by atoms with Crippen molar-refractivity contribution >= 4 is 17.2 Å². The maximum Gasteiger partial charge on any atom is 0.254 e. The predicted octanol–water partition coefficient (Wildman–Crippen LogP) is 3.74. The standard InChI is InChI=1S/C17H18FNO2S/c1-21-16-7-4-12(11-15(16)18)17(20)19(13-5-6-13)9-8-14-3-2-10-22-14/h2-4,7,10-11,13H,5-6,8-9H2,1H3. The fraction of sp³-hybridized carbons (Fsp3) is 0.353. The maximum absolute atomic E-state index is 13.8. The van der Waals surface area contributed by atoms with Gasteiger partial charge in [-0.05, 0) is 48.9 Å². The SMILES string of the molecule is COc1ccc(C(=O)N(CCc2cccs2)C2CC2)cc1F. The molecule has 0 radical (unpaired) electrons. The van der Waals surface area contributed by atoms with Crippen molar-refractivity contribution in [1.29, 1.82) is 0 Å². The second-order valence-electron chi connectivity index (χ2n) is 5.41. The highest BCUT2D eigenvalue weighted by molar-refractivity contribution is 7.09. The van der Waals surface area contributed by atoms with Gasteiger partial charge in [-0.2, -0.15) is 0 Å². The Morgan fingerprint density at radius 3 is 2.82 bits per heavy atom. The Hall–Kier alpha value is -1.88. The van der Waals surface area contributed by atoms with E-state index in [0.29, 0.717) is 18.2 Å². The lowest BCUT2D eigenvalue weighted by molar-refractivity contribution is 0.0744. The molecule has 1 saturated carbocycles. The quantitative estimate of drug-likeness (QED) is 0.812. The number of benzene rings is 1. The van der Waals surface area contributed by atoms with Crippen LogP contribution in [0.2, 0.25) is 0 Å². The van der Waals surface area contributed by atoms with Gasteiger partial charge in [0.25, 0.3) is 5.91 Å². The highest BCUT2D eigenvalue weighted by atomic mass is 32.1. The van der Waals surface area contributed by atoms with Crippen LogP contribution in [0.3, 0.4) is 0 Å². The third-order valence-corrected chi connectivity index (χ3v) is 4.76. The Morgan fingerprint density at radius 2 is 2.23 bits per heavy atom. The van der Waals surface area contributed by atoms with Gasteiger partial charge in [0, 0.05) is 23.0 Å². The molecule has 0 atom stereocenters. The van der Waals surface area contributed by atoms with Gasteiger partial charge in [0.1, 0.15) is 0 Å². The molecule has 1 aromatic carbocycles. The van der Waals surface area contributed by atoms with E-state index in [-0.39, 0.29) is 11.7 Å². The summed E-state index contributed by atoms with van der Waals surface area (Å²) < 4.78 is 18.7. The minimum absolute atomic E-state index is 0.0967. The lowest BCUT2D eigenvalue weighted by Crippen LogP contribution is -2.34. The monoisotopic (exact) mass is 319 g/mol. The molecule has 3 rings (SSSR count). The average Bonchev–Trinajstić information content (AvgIpc) is 3.22. The van der Waals surface area contributed by atoms with Crippen molar-refractivity contribution in [3.63, 3.8) is 0 Å². The van der Waals surface area contributed by atoms with Gasteiger partial charge in [-0.25, -0.2) is 4.39 Å². The summed E-state index contributed by atoms with van der Waals surface area (Å²) in [6.45, 7) is 0.678. The molecule has 1 amide bonds. The normalized spacial score (nSPS) is 13.9. The Kier molecular flexibility index (Phi) is 4.43. The first-order valence-electron chi connectivity index (χ1n) is 7.36. The molecule has 1 aliphatic rings. The third-order valence-electron chi connectivity index (χ3n) is 3.83. The van der Waals surface area contributed by atoms with Crippen molar-refractivity contribution < 1.29 is 13.9 Å². The van der Waals surface area contributed by atoms with Crippen molar-refractivity contribution in [3.8, 4) is 5.75 Å². The van der Waals surface area contributed by atoms with E-state index < -0.39 is 5.82 Å². The van der Waals surface area contributed by atoms with E-state index in [0.717, 1.165) is 19.3 Å². The molecule has 2 aromatic rings. The second kappa shape index (κ2) is 6.48. The average molecular weight is 319 g/mol. The van der Waals surface area contributed by atoms with Gasteiger partial charge in [-0.1, -0.05) is 6.07 Å². The molecule has 3 nitrogen and oxygen atoms in total. The Balaban J connectivity index is 1.73. The molecule has 0 saturated heterocycles. The molecule has 0 unspecified atom stereocenters. The minimum atomic E-state index is -0.498. The van der Waals surface area contributed by atoms with E-state index in [1.807, 2.05) is 16.3 Å².